The van der Waals surface area contributed by atoms with Crippen LogP contribution >= 0.6 is 11.6 Å². The summed E-state index contributed by atoms with van der Waals surface area (Å²) in [6.45, 7) is 3.50. The molecule has 0 saturated carbocycles. The molecule has 1 aromatic carbocycles. The number of carbonyl (C=O) groups is 2. The minimum Gasteiger partial charge on any atom is -0.465 e. The number of rotatable bonds is 4. The number of methoxy groups -OCH3 is 1. The Balaban J connectivity index is 2.98. The summed E-state index contributed by atoms with van der Waals surface area (Å²) in [4.78, 5) is 23.2. The normalized spacial score (nSPS) is 11.8. The molecule has 98 valence electrons. The molecule has 1 rings (SSSR count). The second kappa shape index (κ2) is 6.40. The van der Waals surface area contributed by atoms with Crippen LogP contribution < -0.4 is 5.32 Å². The minimum atomic E-state index is -0.422. The number of anilines is 1. The average molecular weight is 270 g/mol. The number of esters is 1. The van der Waals surface area contributed by atoms with Gasteiger partial charge < -0.3 is 10.1 Å². The maximum atomic E-state index is 11.7. The van der Waals surface area contributed by atoms with Gasteiger partial charge in [-0.05, 0) is 24.6 Å². The van der Waals surface area contributed by atoms with Crippen LogP contribution in [0.3, 0.4) is 0 Å². The number of ether oxygens (including phenoxy) is 1. The zero-order chi connectivity index (χ0) is 13.7. The number of halogens is 1. The van der Waals surface area contributed by atoms with Crippen LogP contribution in [0.15, 0.2) is 18.2 Å². The van der Waals surface area contributed by atoms with Gasteiger partial charge in [0.1, 0.15) is 0 Å². The molecule has 0 heterocycles. The Kier molecular flexibility index (Phi) is 5.16. The highest BCUT2D eigenvalue weighted by Gasteiger charge is 2.16. The molecule has 0 aliphatic carbocycles. The molecule has 0 aliphatic heterocycles. The van der Waals surface area contributed by atoms with E-state index in [1.807, 2.05) is 0 Å². The molecule has 0 radical (unpaired) electrons. The fraction of sp³-hybridized carbons (Fsp3) is 0.385. The topological polar surface area (TPSA) is 55.4 Å². The summed E-state index contributed by atoms with van der Waals surface area (Å²) in [6.07, 6.45) is 0. The van der Waals surface area contributed by atoms with Gasteiger partial charge >= 0.3 is 5.97 Å². The molecule has 0 bridgehead atoms. The van der Waals surface area contributed by atoms with E-state index in [4.69, 9.17) is 11.6 Å². The van der Waals surface area contributed by atoms with Crippen molar-refractivity contribution < 1.29 is 14.3 Å². The Morgan fingerprint density at radius 1 is 1.44 bits per heavy atom. The number of nitrogens with one attached hydrogen (secondary N) is 1. The molecule has 18 heavy (non-hydrogen) atoms. The van der Waals surface area contributed by atoms with Crippen LogP contribution in [-0.4, -0.2) is 24.9 Å². The summed E-state index contributed by atoms with van der Waals surface area (Å²) in [5.74, 6) is -0.626. The molecular formula is C13H16ClNO3. The second-order valence-corrected chi connectivity index (χ2v) is 4.32. The Morgan fingerprint density at radius 3 is 2.67 bits per heavy atom. The zero-order valence-electron chi connectivity index (χ0n) is 10.6. The highest BCUT2D eigenvalue weighted by atomic mass is 35.5. The van der Waals surface area contributed by atoms with Gasteiger partial charge in [0.15, 0.2) is 0 Å². The number of carbonyl (C=O) groups excluding carboxylic acids is 2. The summed E-state index contributed by atoms with van der Waals surface area (Å²) in [5, 5.41) is 2.75. The maximum Gasteiger partial charge on any atom is 0.338 e. The third kappa shape index (κ3) is 3.23. The van der Waals surface area contributed by atoms with Crippen molar-refractivity contribution in [2.45, 2.75) is 13.8 Å². The molecule has 1 unspecified atom stereocenters. The van der Waals surface area contributed by atoms with E-state index in [1.165, 1.54) is 7.11 Å². The van der Waals surface area contributed by atoms with Crippen LogP contribution in [0.1, 0.15) is 22.8 Å². The first kappa shape index (κ1) is 14.5. The summed E-state index contributed by atoms with van der Waals surface area (Å²) < 4.78 is 4.67. The summed E-state index contributed by atoms with van der Waals surface area (Å²) in [5.41, 5.74) is 1.72. The molecule has 1 N–H and O–H groups in total. The quantitative estimate of drug-likeness (QED) is 0.675. The van der Waals surface area contributed by atoms with Crippen LogP contribution in [-0.2, 0) is 9.53 Å². The van der Waals surface area contributed by atoms with E-state index < -0.39 is 5.97 Å². The molecule has 5 heteroatoms. The minimum absolute atomic E-state index is 0.171. The molecule has 1 amide bonds. The number of benzene rings is 1. The molecule has 0 aromatic heterocycles. The smallest absolute Gasteiger partial charge is 0.338 e. The summed E-state index contributed by atoms with van der Waals surface area (Å²) in [7, 11) is 1.32. The molecule has 0 fully saturated rings. The number of hydrogen-bond donors (Lipinski definition) is 1. The van der Waals surface area contributed by atoms with E-state index >= 15 is 0 Å². The zero-order valence-corrected chi connectivity index (χ0v) is 11.4. The predicted octanol–water partition coefficient (Wildman–Crippen LogP) is 2.60. The van der Waals surface area contributed by atoms with Gasteiger partial charge in [-0.2, -0.15) is 0 Å². The fourth-order valence-electron chi connectivity index (χ4n) is 1.43. The monoisotopic (exact) mass is 269 g/mol. The highest BCUT2D eigenvalue weighted by Crippen LogP contribution is 2.20. The highest BCUT2D eigenvalue weighted by molar-refractivity contribution is 6.19. The second-order valence-electron chi connectivity index (χ2n) is 4.01. The van der Waals surface area contributed by atoms with Crippen molar-refractivity contribution in [1.82, 2.24) is 0 Å². The number of hydrogen-bond acceptors (Lipinski definition) is 3. The van der Waals surface area contributed by atoms with Crippen molar-refractivity contribution in [3.8, 4) is 0 Å². The van der Waals surface area contributed by atoms with Crippen LogP contribution in [0.2, 0.25) is 0 Å². The average Bonchev–Trinajstić information content (AvgIpc) is 2.39. The molecule has 1 aromatic rings. The lowest BCUT2D eigenvalue weighted by Gasteiger charge is -2.13. The van der Waals surface area contributed by atoms with Crippen LogP contribution in [0.25, 0.3) is 0 Å². The van der Waals surface area contributed by atoms with Crippen LogP contribution in [0.4, 0.5) is 5.69 Å². The molecule has 0 saturated heterocycles. The first-order chi connectivity index (χ1) is 8.51. The largest absolute Gasteiger partial charge is 0.465 e. The van der Waals surface area contributed by atoms with Gasteiger partial charge in [-0.15, -0.1) is 11.6 Å². The van der Waals surface area contributed by atoms with Gasteiger partial charge in [-0.25, -0.2) is 4.79 Å². The van der Waals surface area contributed by atoms with E-state index in [1.54, 1.807) is 32.0 Å². The molecule has 1 atom stereocenters. The maximum absolute atomic E-state index is 11.7. The predicted molar refractivity (Wildman–Crippen MR) is 71.0 cm³/mol. The standard InChI is InChI=1S/C13H16ClNO3/c1-8(7-14)12(16)15-11-6-4-5-10(9(11)2)13(17)18-3/h4-6,8H,7H2,1-3H3,(H,15,16). The van der Waals surface area contributed by atoms with Gasteiger partial charge in [0.25, 0.3) is 0 Å². The lowest BCUT2D eigenvalue weighted by atomic mass is 10.1. The van der Waals surface area contributed by atoms with Crippen LogP contribution in [0, 0.1) is 12.8 Å². The van der Waals surface area contributed by atoms with Crippen molar-refractivity contribution in [2.75, 3.05) is 18.3 Å². The van der Waals surface area contributed by atoms with Crippen molar-refractivity contribution in [1.29, 1.82) is 0 Å². The van der Waals surface area contributed by atoms with Crippen molar-refractivity contribution in [3.63, 3.8) is 0 Å². The van der Waals surface area contributed by atoms with E-state index in [2.05, 4.69) is 10.1 Å². The first-order valence-corrected chi connectivity index (χ1v) is 6.09. The molecule has 4 nitrogen and oxygen atoms in total. The first-order valence-electron chi connectivity index (χ1n) is 5.56. The number of alkyl halides is 1. The Morgan fingerprint density at radius 2 is 2.11 bits per heavy atom. The van der Waals surface area contributed by atoms with E-state index in [0.717, 1.165) is 0 Å². The molecule has 0 spiro atoms. The van der Waals surface area contributed by atoms with Crippen LogP contribution in [0.5, 0.6) is 0 Å². The molecule has 0 aliphatic rings. The lowest BCUT2D eigenvalue weighted by Crippen LogP contribution is -2.22. The SMILES string of the molecule is COC(=O)c1cccc(NC(=O)C(C)CCl)c1C. The van der Waals surface area contributed by atoms with Gasteiger partial charge in [0.05, 0.1) is 12.7 Å². The summed E-state index contributed by atoms with van der Waals surface area (Å²) >= 11 is 5.62. The van der Waals surface area contributed by atoms with Crippen molar-refractivity contribution in [3.05, 3.63) is 29.3 Å². The lowest BCUT2D eigenvalue weighted by molar-refractivity contribution is -0.118. The van der Waals surface area contributed by atoms with Gasteiger partial charge in [0.2, 0.25) is 5.91 Å². The Labute approximate surface area is 111 Å². The van der Waals surface area contributed by atoms with Gasteiger partial charge in [0, 0.05) is 17.5 Å². The third-order valence-electron chi connectivity index (χ3n) is 2.68. The number of amides is 1. The Bertz CT molecular complexity index is 460. The van der Waals surface area contributed by atoms with E-state index in [9.17, 15) is 9.59 Å². The van der Waals surface area contributed by atoms with E-state index in [-0.39, 0.29) is 17.7 Å². The van der Waals surface area contributed by atoms with Crippen molar-refractivity contribution >= 4 is 29.2 Å². The van der Waals surface area contributed by atoms with Crippen molar-refractivity contribution in [2.24, 2.45) is 5.92 Å². The Hall–Kier alpha value is -1.55. The van der Waals surface area contributed by atoms with Gasteiger partial charge in [-0.3, -0.25) is 4.79 Å². The fourth-order valence-corrected chi connectivity index (χ4v) is 1.57. The van der Waals surface area contributed by atoms with E-state index in [0.29, 0.717) is 16.8 Å². The molecular weight excluding hydrogens is 254 g/mol. The third-order valence-corrected chi connectivity index (χ3v) is 3.14. The summed E-state index contributed by atoms with van der Waals surface area (Å²) in [6, 6.07) is 5.09. The van der Waals surface area contributed by atoms with Gasteiger partial charge in [-0.1, -0.05) is 13.0 Å².